The Balaban J connectivity index is 1.95. The quantitative estimate of drug-likeness (QED) is 0.0550. The Hall–Kier alpha value is -5.17. The molecule has 0 N–H and O–H groups in total. The van der Waals surface area contributed by atoms with Crippen LogP contribution in [0.3, 0.4) is 0 Å². The van der Waals surface area contributed by atoms with E-state index in [1.165, 1.54) is 0 Å². The van der Waals surface area contributed by atoms with Crippen LogP contribution in [0.4, 0.5) is 0 Å². The van der Waals surface area contributed by atoms with E-state index in [2.05, 4.69) is 72.2 Å². The van der Waals surface area contributed by atoms with Crippen LogP contribution in [0.15, 0.2) is 115 Å². The molecule has 3 atom stereocenters. The maximum Gasteiger partial charge on any atom is 0.299 e. The van der Waals surface area contributed by atoms with Crippen molar-refractivity contribution in [2.75, 3.05) is 19.8 Å². The summed E-state index contributed by atoms with van der Waals surface area (Å²) in [6, 6.07) is 20.6. The number of hydrogen-bond donors (Lipinski definition) is 0. The fourth-order valence-corrected chi connectivity index (χ4v) is 6.60. The molecule has 0 bridgehead atoms. The minimum absolute atomic E-state index is 0.123. The van der Waals surface area contributed by atoms with Gasteiger partial charge in [0.2, 0.25) is 5.82 Å². The van der Waals surface area contributed by atoms with Crippen molar-refractivity contribution in [3.8, 4) is 17.2 Å². The zero-order valence-corrected chi connectivity index (χ0v) is 38.9. The lowest BCUT2D eigenvalue weighted by Gasteiger charge is -2.16. The van der Waals surface area contributed by atoms with Crippen molar-refractivity contribution in [2.45, 2.75) is 119 Å². The zero-order chi connectivity index (χ0) is 43.5. The van der Waals surface area contributed by atoms with E-state index in [4.69, 9.17) is 14.2 Å². The molecule has 0 saturated heterocycles. The Morgan fingerprint density at radius 3 is 1.07 bits per heavy atom. The molecule has 0 spiro atoms. The summed E-state index contributed by atoms with van der Waals surface area (Å²) in [5.74, 6) is 0.0318. The molecule has 12 nitrogen and oxygen atoms in total. The van der Waals surface area contributed by atoms with E-state index in [1.54, 1.807) is 72.8 Å². The highest BCUT2D eigenvalue weighted by Gasteiger charge is 2.18. The number of hydrogen-bond acceptors (Lipinski definition) is 9. The first kappa shape index (κ1) is 49.2. The lowest BCUT2D eigenvalue weighted by atomic mass is 10.0. The number of azo groups is 3. The van der Waals surface area contributed by atoms with E-state index in [-0.39, 0.29) is 38.1 Å². The number of amides is 3. The molecule has 324 valence electrons. The molecule has 0 aliphatic heterocycles. The first-order valence-electron chi connectivity index (χ1n) is 21.9. The number of unbranched alkanes of at least 4 members (excludes halogenated alkanes) is 3. The Kier molecular flexibility index (Phi) is 23.2. The molecule has 13 heteroatoms. The Labute approximate surface area is 360 Å². The highest BCUT2D eigenvalue weighted by atomic mass is 28.1. The van der Waals surface area contributed by atoms with Gasteiger partial charge in [-0.05, 0) is 73.4 Å². The van der Waals surface area contributed by atoms with Crippen LogP contribution in [0.2, 0.25) is 0 Å². The lowest BCUT2D eigenvalue weighted by Crippen LogP contribution is -2.13. The molecule has 3 unspecified atom stereocenters. The second kappa shape index (κ2) is 28.3. The fourth-order valence-electron chi connectivity index (χ4n) is 6.30. The summed E-state index contributed by atoms with van der Waals surface area (Å²) in [4.78, 5) is 40.5. The molecular weight excluding hydrogens is 773 g/mol. The number of rotatable bonds is 27. The summed E-state index contributed by atoms with van der Waals surface area (Å²) in [5, 5.41) is 24.5. The number of nitrogens with zero attached hydrogens (tertiary/aromatic N) is 6. The number of benzene rings is 3. The highest BCUT2D eigenvalue weighted by molar-refractivity contribution is 6.21. The second-order valence-electron chi connectivity index (χ2n) is 15.1. The van der Waals surface area contributed by atoms with E-state index in [1.807, 2.05) is 0 Å². The zero-order valence-electron chi connectivity index (χ0n) is 36.9. The van der Waals surface area contributed by atoms with Crippen molar-refractivity contribution >= 4 is 28.0 Å². The SMILES string of the molecule is CCCCC(CC)COc1ccccc1C(=O)N=NC([SiH3])=C(N=NC(=O)c1ccccc1OCC(CC)CCCC)N=NC(=O)c1ccccc1OCC(CC)CCCC. The molecule has 0 aliphatic rings. The first-order chi connectivity index (χ1) is 29.2. The standard InChI is InChI=1S/C47H66N6O6Si/c1-7-13-22-34(10-4)31-57-40-28-19-16-25-37(40)44(54)50-48-43(49-51-45(55)38-26-17-20-29-41(38)58-32-35(11-5)23-14-8-2)47(60)53-52-46(56)39-27-18-21-30-42(39)59-33-36(12-6)24-15-9-3/h16-21,25-30,34-36H,7-15,22-24,31-33H2,1-6,60H3. The van der Waals surface area contributed by atoms with E-state index in [9.17, 15) is 14.4 Å². The predicted octanol–water partition coefficient (Wildman–Crippen LogP) is 12.1. The van der Waals surface area contributed by atoms with Crippen molar-refractivity contribution in [3.63, 3.8) is 0 Å². The summed E-state index contributed by atoms with van der Waals surface area (Å²) in [6.07, 6.45) is 12.6. The van der Waals surface area contributed by atoms with E-state index >= 15 is 0 Å². The maximum atomic E-state index is 13.5. The molecule has 0 aliphatic carbocycles. The Morgan fingerprint density at radius 2 is 0.767 bits per heavy atom. The summed E-state index contributed by atoms with van der Waals surface area (Å²) in [5.41, 5.74) is 0.694. The van der Waals surface area contributed by atoms with Gasteiger partial charge in [0.05, 0.1) is 52.1 Å². The predicted molar refractivity (Wildman–Crippen MR) is 240 cm³/mol. The maximum absolute atomic E-state index is 13.5. The van der Waals surface area contributed by atoms with E-state index < -0.39 is 17.7 Å². The molecule has 3 aromatic rings. The van der Waals surface area contributed by atoms with Crippen LogP contribution in [-0.4, -0.2) is 47.8 Å². The van der Waals surface area contributed by atoms with Crippen molar-refractivity contribution in [3.05, 3.63) is 101 Å². The number of para-hydroxylation sites is 3. The summed E-state index contributed by atoms with van der Waals surface area (Å²) in [6.45, 7) is 14.3. The van der Waals surface area contributed by atoms with Gasteiger partial charge < -0.3 is 14.2 Å². The first-order valence-corrected chi connectivity index (χ1v) is 22.9. The van der Waals surface area contributed by atoms with Crippen LogP contribution in [0.1, 0.15) is 150 Å². The summed E-state index contributed by atoms with van der Waals surface area (Å²) < 4.78 is 18.4. The van der Waals surface area contributed by atoms with E-state index in [0.717, 1.165) is 77.0 Å². The van der Waals surface area contributed by atoms with Gasteiger partial charge in [-0.15, -0.1) is 25.6 Å². The lowest BCUT2D eigenvalue weighted by molar-refractivity contribution is 0.0979. The van der Waals surface area contributed by atoms with Gasteiger partial charge in [0.25, 0.3) is 17.7 Å². The number of carbonyl (C=O) groups is 3. The third-order valence-electron chi connectivity index (χ3n) is 10.5. The van der Waals surface area contributed by atoms with Crippen LogP contribution < -0.4 is 14.2 Å². The van der Waals surface area contributed by atoms with Gasteiger partial charge in [-0.3, -0.25) is 14.4 Å². The van der Waals surface area contributed by atoms with Crippen molar-refractivity contribution in [2.24, 2.45) is 48.4 Å². The van der Waals surface area contributed by atoms with Crippen LogP contribution >= 0.6 is 0 Å². The largest absolute Gasteiger partial charge is 0.492 e. The van der Waals surface area contributed by atoms with Gasteiger partial charge in [-0.2, -0.15) is 5.11 Å². The van der Waals surface area contributed by atoms with Crippen LogP contribution in [0.25, 0.3) is 0 Å². The minimum atomic E-state index is -0.684. The molecule has 0 aromatic heterocycles. The monoisotopic (exact) mass is 838 g/mol. The van der Waals surface area contributed by atoms with Gasteiger partial charge in [0.1, 0.15) is 17.2 Å². The summed E-state index contributed by atoms with van der Waals surface area (Å²) in [7, 11) is 0.150. The topological polar surface area (TPSA) is 153 Å². The van der Waals surface area contributed by atoms with Gasteiger partial charge in [0.15, 0.2) is 0 Å². The average molecular weight is 839 g/mol. The molecule has 3 rings (SSSR count). The van der Waals surface area contributed by atoms with Crippen molar-refractivity contribution in [1.82, 2.24) is 0 Å². The smallest absolute Gasteiger partial charge is 0.299 e. The van der Waals surface area contributed by atoms with Crippen LogP contribution in [0.5, 0.6) is 17.2 Å². The summed E-state index contributed by atoms with van der Waals surface area (Å²) >= 11 is 0. The fraction of sp³-hybridized carbons (Fsp3) is 0.511. The molecule has 60 heavy (non-hydrogen) atoms. The minimum Gasteiger partial charge on any atom is -0.492 e. The van der Waals surface area contributed by atoms with Crippen LogP contribution in [0, 0.1) is 17.8 Å². The van der Waals surface area contributed by atoms with Gasteiger partial charge in [0, 0.05) is 0 Å². The van der Waals surface area contributed by atoms with Crippen LogP contribution in [-0.2, 0) is 0 Å². The highest BCUT2D eigenvalue weighted by Crippen LogP contribution is 2.26. The third kappa shape index (κ3) is 16.8. The van der Waals surface area contributed by atoms with E-state index in [0.29, 0.717) is 54.8 Å². The van der Waals surface area contributed by atoms with Gasteiger partial charge in [-0.25, -0.2) is 0 Å². The normalized spacial score (nSPS) is 13.1. The van der Waals surface area contributed by atoms with Crippen molar-refractivity contribution in [1.29, 1.82) is 0 Å². The molecular formula is C47H66N6O6Si. The number of carbonyl (C=O) groups excluding carboxylic acids is 3. The van der Waals surface area contributed by atoms with Gasteiger partial charge >= 0.3 is 0 Å². The molecule has 0 heterocycles. The molecule has 0 fully saturated rings. The van der Waals surface area contributed by atoms with Gasteiger partial charge in [-0.1, -0.05) is 136 Å². The molecule has 0 radical (unpaired) electrons. The average Bonchev–Trinajstić information content (AvgIpc) is 3.28. The number of ether oxygens (including phenoxy) is 3. The third-order valence-corrected chi connectivity index (χ3v) is 11.1. The molecule has 0 saturated carbocycles. The second-order valence-corrected chi connectivity index (χ2v) is 16.0. The molecule has 3 amide bonds. The molecule has 3 aromatic carbocycles. The Morgan fingerprint density at radius 1 is 0.467 bits per heavy atom. The van der Waals surface area contributed by atoms with Crippen molar-refractivity contribution < 1.29 is 28.6 Å². The Bertz CT molecular complexity index is 1830.